The molecule has 0 bridgehead atoms. The summed E-state index contributed by atoms with van der Waals surface area (Å²) in [4.78, 5) is 36.8. The summed E-state index contributed by atoms with van der Waals surface area (Å²) < 4.78 is 10.9. The Morgan fingerprint density at radius 2 is 1.90 bits per heavy atom. The zero-order chi connectivity index (χ0) is 28.6. The van der Waals surface area contributed by atoms with Gasteiger partial charge in [-0.3, -0.25) is 9.59 Å². The Labute approximate surface area is 233 Å². The van der Waals surface area contributed by atoms with Crippen molar-refractivity contribution < 1.29 is 34.1 Å². The van der Waals surface area contributed by atoms with Crippen molar-refractivity contribution in [2.75, 3.05) is 19.0 Å². The van der Waals surface area contributed by atoms with Gasteiger partial charge in [-0.2, -0.15) is 0 Å². The lowest BCUT2D eigenvalue weighted by molar-refractivity contribution is -0.116. The standard InChI is InChI=1S/C30H37N3O7/c1-30-13-11-19-18-6-4-17(34)15-16(18)3-5-20(19)21(30)7-10-24(30)40-29(38)32-14-12-25(35)33-22-8-9-23(39-2)26(27(22)36)28(31)37/h4,6,8-9,15,19-21,24,34,36H,3,5,7,10-14H2,1-2H3,(H2,31,37)(H,32,38)(H,33,35)/t19-,20-,21+,24+,30+/m1/s1. The van der Waals surface area contributed by atoms with E-state index in [4.69, 9.17) is 15.2 Å². The number of hydrogen-bond acceptors (Lipinski definition) is 7. The summed E-state index contributed by atoms with van der Waals surface area (Å²) in [7, 11) is 1.34. The molecule has 10 heteroatoms. The highest BCUT2D eigenvalue weighted by molar-refractivity contribution is 6.02. The van der Waals surface area contributed by atoms with Crippen molar-refractivity contribution in [2.45, 2.75) is 63.9 Å². The topological polar surface area (TPSA) is 160 Å². The average Bonchev–Trinajstić information content (AvgIpc) is 3.24. The van der Waals surface area contributed by atoms with Crippen molar-refractivity contribution in [1.29, 1.82) is 0 Å². The molecule has 3 amide bonds. The van der Waals surface area contributed by atoms with Crippen molar-refractivity contribution in [3.63, 3.8) is 0 Å². The summed E-state index contributed by atoms with van der Waals surface area (Å²) in [5.41, 5.74) is 7.64. The van der Waals surface area contributed by atoms with E-state index in [0.717, 1.165) is 38.5 Å². The molecule has 40 heavy (non-hydrogen) atoms. The van der Waals surface area contributed by atoms with Crippen molar-refractivity contribution in [3.05, 3.63) is 47.0 Å². The molecule has 3 aliphatic rings. The van der Waals surface area contributed by atoms with Crippen LogP contribution in [0.15, 0.2) is 30.3 Å². The summed E-state index contributed by atoms with van der Waals surface area (Å²) >= 11 is 0. The predicted molar refractivity (Wildman–Crippen MR) is 147 cm³/mol. The third-order valence-electron chi connectivity index (χ3n) is 9.37. The van der Waals surface area contributed by atoms with Crippen LogP contribution >= 0.6 is 0 Å². The fraction of sp³-hybridized carbons (Fsp3) is 0.500. The highest BCUT2D eigenvalue weighted by atomic mass is 16.6. The third-order valence-corrected chi connectivity index (χ3v) is 9.37. The van der Waals surface area contributed by atoms with Crippen LogP contribution in [0.3, 0.4) is 0 Å². The minimum atomic E-state index is -0.889. The number of ether oxygens (including phenoxy) is 2. The molecule has 0 aromatic heterocycles. The summed E-state index contributed by atoms with van der Waals surface area (Å²) in [6.45, 7) is 2.30. The molecule has 0 heterocycles. The lowest BCUT2D eigenvalue weighted by Crippen LogP contribution is -2.46. The molecular weight excluding hydrogens is 514 g/mol. The molecule has 5 rings (SSSR count). The van der Waals surface area contributed by atoms with Gasteiger partial charge in [0, 0.05) is 18.4 Å². The molecule has 0 aliphatic heterocycles. The molecule has 3 aliphatic carbocycles. The molecule has 0 spiro atoms. The Morgan fingerprint density at radius 3 is 2.65 bits per heavy atom. The maximum absolute atomic E-state index is 12.7. The Bertz CT molecular complexity index is 1330. The second-order valence-corrected chi connectivity index (χ2v) is 11.4. The number of anilines is 1. The summed E-state index contributed by atoms with van der Waals surface area (Å²) in [6.07, 6.45) is 5.10. The molecule has 2 aromatic rings. The largest absolute Gasteiger partial charge is 0.508 e. The molecule has 5 atom stereocenters. The number of phenols is 2. The van der Waals surface area contributed by atoms with E-state index in [-0.39, 0.29) is 41.5 Å². The van der Waals surface area contributed by atoms with Gasteiger partial charge in [0.25, 0.3) is 5.91 Å². The van der Waals surface area contributed by atoms with Gasteiger partial charge in [-0.25, -0.2) is 4.79 Å². The number of fused-ring (bicyclic) bond motifs is 5. The molecule has 214 valence electrons. The number of primary amides is 1. The zero-order valence-corrected chi connectivity index (χ0v) is 22.9. The highest BCUT2D eigenvalue weighted by Gasteiger charge is 2.56. The minimum absolute atomic E-state index is 0.0184. The number of benzene rings is 2. The van der Waals surface area contributed by atoms with Gasteiger partial charge in [-0.15, -0.1) is 0 Å². The first-order valence-electron chi connectivity index (χ1n) is 13.9. The number of methoxy groups -OCH3 is 1. The fourth-order valence-electron chi connectivity index (χ4n) is 7.46. The normalized spacial score (nSPS) is 26.6. The van der Waals surface area contributed by atoms with Gasteiger partial charge < -0.3 is 36.1 Å². The number of nitrogens with one attached hydrogen (secondary N) is 2. The van der Waals surface area contributed by atoms with Crippen molar-refractivity contribution in [2.24, 2.45) is 23.0 Å². The number of rotatable bonds is 7. The molecule has 2 fully saturated rings. The van der Waals surface area contributed by atoms with E-state index in [1.165, 1.54) is 30.4 Å². The van der Waals surface area contributed by atoms with Crippen LogP contribution in [0.1, 0.15) is 72.9 Å². The number of aromatic hydroxyl groups is 2. The second-order valence-electron chi connectivity index (χ2n) is 11.4. The van der Waals surface area contributed by atoms with E-state index in [9.17, 15) is 24.6 Å². The monoisotopic (exact) mass is 551 g/mol. The van der Waals surface area contributed by atoms with E-state index in [1.54, 1.807) is 6.07 Å². The first kappa shape index (κ1) is 27.6. The predicted octanol–water partition coefficient (Wildman–Crippen LogP) is 4.19. The first-order chi connectivity index (χ1) is 19.1. The van der Waals surface area contributed by atoms with Gasteiger partial charge in [-0.05, 0) is 91.7 Å². The summed E-state index contributed by atoms with van der Waals surface area (Å²) in [5.74, 6) is 0.0840. The number of carbonyl (C=O) groups is 3. The zero-order valence-electron chi connectivity index (χ0n) is 22.9. The molecule has 0 radical (unpaired) electrons. The maximum Gasteiger partial charge on any atom is 0.407 e. The Balaban J connectivity index is 1.13. The average molecular weight is 552 g/mol. The van der Waals surface area contributed by atoms with Crippen LogP contribution in [0, 0.1) is 17.3 Å². The lowest BCUT2D eigenvalue weighted by atomic mass is 9.55. The van der Waals surface area contributed by atoms with Crippen LogP contribution in [0.4, 0.5) is 10.5 Å². The third kappa shape index (κ3) is 5.02. The quantitative estimate of drug-likeness (QED) is 0.323. The van der Waals surface area contributed by atoms with Gasteiger partial charge in [0.1, 0.15) is 23.2 Å². The lowest BCUT2D eigenvalue weighted by Gasteiger charge is -2.50. The molecule has 0 unspecified atom stereocenters. The van der Waals surface area contributed by atoms with Crippen LogP contribution in [0.2, 0.25) is 0 Å². The van der Waals surface area contributed by atoms with Crippen LogP contribution in [-0.2, 0) is 16.0 Å². The van der Waals surface area contributed by atoms with Crippen molar-refractivity contribution in [1.82, 2.24) is 5.32 Å². The van der Waals surface area contributed by atoms with Crippen LogP contribution in [0.25, 0.3) is 0 Å². The van der Waals surface area contributed by atoms with Crippen molar-refractivity contribution >= 4 is 23.6 Å². The van der Waals surface area contributed by atoms with E-state index in [0.29, 0.717) is 23.5 Å². The molecular formula is C30H37N3O7. The molecule has 2 aromatic carbocycles. The number of carbonyl (C=O) groups excluding carboxylic acids is 3. The Morgan fingerprint density at radius 1 is 1.10 bits per heavy atom. The van der Waals surface area contributed by atoms with Crippen LogP contribution in [0.5, 0.6) is 17.2 Å². The SMILES string of the molecule is COc1ccc(NC(=O)CCNC(=O)O[C@H]2CC[C@H]3[C@@H]4CCc5cc(O)ccc5[C@H]4CC[C@]23C)c(O)c1C(N)=O. The van der Waals surface area contributed by atoms with Gasteiger partial charge in [-0.1, -0.05) is 13.0 Å². The smallest absolute Gasteiger partial charge is 0.407 e. The van der Waals surface area contributed by atoms with Crippen LogP contribution < -0.4 is 21.1 Å². The van der Waals surface area contributed by atoms with Gasteiger partial charge in [0.2, 0.25) is 5.91 Å². The molecule has 10 nitrogen and oxygen atoms in total. The first-order valence-corrected chi connectivity index (χ1v) is 13.9. The van der Waals surface area contributed by atoms with E-state index >= 15 is 0 Å². The van der Waals surface area contributed by atoms with E-state index in [1.807, 2.05) is 6.07 Å². The fourth-order valence-corrected chi connectivity index (χ4v) is 7.46. The van der Waals surface area contributed by atoms with Gasteiger partial charge in [0.05, 0.1) is 12.8 Å². The molecule has 2 saturated carbocycles. The molecule has 6 N–H and O–H groups in total. The highest BCUT2D eigenvalue weighted by Crippen LogP contribution is 2.61. The number of alkyl carbamates (subject to hydrolysis) is 1. The Kier molecular flexibility index (Phi) is 7.53. The Hall–Kier alpha value is -3.95. The van der Waals surface area contributed by atoms with Crippen molar-refractivity contribution in [3.8, 4) is 17.2 Å². The van der Waals surface area contributed by atoms with Gasteiger partial charge >= 0.3 is 6.09 Å². The number of nitrogens with two attached hydrogens (primary N) is 1. The van der Waals surface area contributed by atoms with Gasteiger partial charge in [0.15, 0.2) is 5.75 Å². The second kappa shape index (κ2) is 10.9. The maximum atomic E-state index is 12.7. The number of phenolic OH excluding ortho intramolecular Hbond substituents is 1. The number of aryl methyl sites for hydroxylation is 1. The summed E-state index contributed by atoms with van der Waals surface area (Å²) in [6, 6.07) is 8.61. The number of hydrogen-bond donors (Lipinski definition) is 5. The summed E-state index contributed by atoms with van der Waals surface area (Å²) in [5, 5.41) is 25.5. The number of amides is 3. The molecule has 0 saturated heterocycles. The van der Waals surface area contributed by atoms with E-state index < -0.39 is 23.7 Å². The van der Waals surface area contributed by atoms with Crippen LogP contribution in [-0.4, -0.2) is 47.9 Å². The van der Waals surface area contributed by atoms with E-state index in [2.05, 4.69) is 23.6 Å². The minimum Gasteiger partial charge on any atom is -0.508 e.